The number of halogens is 1. The third kappa shape index (κ3) is 4.13. The zero-order valence-electron chi connectivity index (χ0n) is 10.9. The second kappa shape index (κ2) is 7.52. The van der Waals surface area contributed by atoms with Gasteiger partial charge in [-0.2, -0.15) is 0 Å². The zero-order chi connectivity index (χ0) is 14.4. The number of benzene rings is 1. The van der Waals surface area contributed by atoms with Gasteiger partial charge in [0.2, 0.25) is 5.13 Å². The Kier molecular flexibility index (Phi) is 5.70. The Labute approximate surface area is 131 Å². The van der Waals surface area contributed by atoms with Crippen LogP contribution in [0.5, 0.6) is 5.75 Å². The van der Waals surface area contributed by atoms with Crippen LogP contribution >= 0.6 is 34.7 Å². The number of hydrogen-bond donors (Lipinski definition) is 1. The summed E-state index contributed by atoms with van der Waals surface area (Å²) in [5.41, 5.74) is 1.04. The molecule has 1 aromatic heterocycles. The number of nitrogens with zero attached hydrogens (tertiary/aromatic N) is 2. The molecule has 2 aromatic rings. The molecule has 0 radical (unpaired) electrons. The number of thioether (sulfide) groups is 1. The maximum absolute atomic E-state index is 6.01. The topological polar surface area (TPSA) is 47.0 Å². The minimum atomic E-state index is 0.682. The number of rotatable bonds is 7. The first-order chi connectivity index (χ1) is 9.72. The molecule has 0 amide bonds. The van der Waals surface area contributed by atoms with Crippen LogP contribution in [-0.4, -0.2) is 23.9 Å². The van der Waals surface area contributed by atoms with E-state index in [-0.39, 0.29) is 0 Å². The van der Waals surface area contributed by atoms with Crippen LogP contribution in [0.3, 0.4) is 0 Å². The van der Waals surface area contributed by atoms with Crippen molar-refractivity contribution >= 4 is 39.8 Å². The van der Waals surface area contributed by atoms with E-state index in [2.05, 4.69) is 22.1 Å². The van der Waals surface area contributed by atoms with Gasteiger partial charge in [-0.3, -0.25) is 0 Å². The molecule has 0 spiro atoms. The summed E-state index contributed by atoms with van der Waals surface area (Å²) in [6.45, 7) is 4.33. The molecule has 2 rings (SSSR count). The van der Waals surface area contributed by atoms with Crippen LogP contribution in [0.1, 0.15) is 5.56 Å². The second-order valence-corrected chi connectivity index (χ2v) is 6.42. The van der Waals surface area contributed by atoms with E-state index in [9.17, 15) is 0 Å². The van der Waals surface area contributed by atoms with E-state index in [4.69, 9.17) is 16.3 Å². The summed E-state index contributed by atoms with van der Waals surface area (Å²) in [7, 11) is 1.65. The summed E-state index contributed by atoms with van der Waals surface area (Å²) in [4.78, 5) is 0. The van der Waals surface area contributed by atoms with Crippen molar-refractivity contribution in [2.24, 2.45) is 0 Å². The second-order valence-electron chi connectivity index (χ2n) is 3.79. The molecule has 1 heterocycles. The Balaban J connectivity index is 1.99. The van der Waals surface area contributed by atoms with Crippen LogP contribution < -0.4 is 10.1 Å². The molecule has 0 saturated heterocycles. The maximum Gasteiger partial charge on any atom is 0.206 e. The van der Waals surface area contributed by atoms with E-state index in [1.54, 1.807) is 24.9 Å². The highest BCUT2D eigenvalue weighted by molar-refractivity contribution is 8.00. The van der Waals surface area contributed by atoms with Gasteiger partial charge in [-0.1, -0.05) is 40.8 Å². The van der Waals surface area contributed by atoms with E-state index < -0.39 is 0 Å². The van der Waals surface area contributed by atoms with Gasteiger partial charge in [0.25, 0.3) is 0 Å². The molecule has 0 aliphatic carbocycles. The Morgan fingerprint density at radius 3 is 3.10 bits per heavy atom. The van der Waals surface area contributed by atoms with E-state index >= 15 is 0 Å². The standard InChI is InChI=1S/C13H14ClN3OS2/c1-3-6-15-12-16-17-13(20-12)19-8-9-7-10(14)4-5-11(9)18-2/h3-5,7H,1,6,8H2,2H3,(H,15,16). The van der Waals surface area contributed by atoms with E-state index in [1.165, 1.54) is 11.3 Å². The molecule has 0 atom stereocenters. The average molecular weight is 328 g/mol. The number of nitrogens with one attached hydrogen (secondary N) is 1. The van der Waals surface area contributed by atoms with Gasteiger partial charge in [-0.25, -0.2) is 0 Å². The first kappa shape index (κ1) is 15.2. The van der Waals surface area contributed by atoms with Crippen molar-refractivity contribution in [3.63, 3.8) is 0 Å². The number of aromatic nitrogens is 2. The molecule has 7 heteroatoms. The first-order valence-electron chi connectivity index (χ1n) is 5.86. The van der Waals surface area contributed by atoms with Crippen molar-refractivity contribution in [2.75, 3.05) is 19.0 Å². The number of anilines is 1. The largest absolute Gasteiger partial charge is 0.496 e. The van der Waals surface area contributed by atoms with Gasteiger partial charge in [0.15, 0.2) is 4.34 Å². The molecule has 0 bridgehead atoms. The minimum absolute atomic E-state index is 0.682. The monoisotopic (exact) mass is 327 g/mol. The molecule has 0 aliphatic rings. The molecule has 106 valence electrons. The van der Waals surface area contributed by atoms with Crippen LogP contribution in [0.15, 0.2) is 35.2 Å². The maximum atomic E-state index is 6.01. The fourth-order valence-electron chi connectivity index (χ4n) is 1.50. The van der Waals surface area contributed by atoms with Crippen molar-refractivity contribution < 1.29 is 4.74 Å². The van der Waals surface area contributed by atoms with Gasteiger partial charge in [-0.15, -0.1) is 16.8 Å². The Bertz CT molecular complexity index is 589. The molecule has 1 aromatic carbocycles. The lowest BCUT2D eigenvalue weighted by atomic mass is 10.2. The van der Waals surface area contributed by atoms with E-state index in [1.807, 2.05) is 18.2 Å². The molecule has 0 unspecified atom stereocenters. The normalized spacial score (nSPS) is 10.3. The SMILES string of the molecule is C=CCNc1nnc(SCc2cc(Cl)ccc2OC)s1. The van der Waals surface area contributed by atoms with Crippen LogP contribution in [0.2, 0.25) is 5.02 Å². The summed E-state index contributed by atoms with van der Waals surface area (Å²) in [6.07, 6.45) is 1.78. The summed E-state index contributed by atoms with van der Waals surface area (Å²) in [6, 6.07) is 5.59. The molecule has 0 aliphatic heterocycles. The van der Waals surface area contributed by atoms with Gasteiger partial charge < -0.3 is 10.1 Å². The van der Waals surface area contributed by atoms with Gasteiger partial charge >= 0.3 is 0 Å². The molecule has 0 saturated carbocycles. The van der Waals surface area contributed by atoms with Crippen LogP contribution in [0.4, 0.5) is 5.13 Å². The molecular formula is C13H14ClN3OS2. The fraction of sp³-hybridized carbons (Fsp3) is 0.231. The molecule has 4 nitrogen and oxygen atoms in total. The number of hydrogen-bond acceptors (Lipinski definition) is 6. The van der Waals surface area contributed by atoms with E-state index in [0.717, 1.165) is 26.5 Å². The van der Waals surface area contributed by atoms with Crippen LogP contribution in [0.25, 0.3) is 0 Å². The third-order valence-electron chi connectivity index (χ3n) is 2.40. The highest BCUT2D eigenvalue weighted by Crippen LogP contribution is 2.32. The van der Waals surface area contributed by atoms with Crippen molar-refractivity contribution in [1.82, 2.24) is 10.2 Å². The molecular weight excluding hydrogens is 314 g/mol. The lowest BCUT2D eigenvalue weighted by Crippen LogP contribution is -1.96. The summed E-state index contributed by atoms with van der Waals surface area (Å²) in [5, 5.41) is 12.8. The van der Waals surface area contributed by atoms with Crippen molar-refractivity contribution in [3.05, 3.63) is 41.4 Å². The van der Waals surface area contributed by atoms with Gasteiger partial charge in [0, 0.05) is 22.9 Å². The molecule has 20 heavy (non-hydrogen) atoms. The predicted octanol–water partition coefficient (Wildman–Crippen LogP) is 4.09. The Hall–Kier alpha value is -1.24. The third-order valence-corrected chi connectivity index (χ3v) is 4.70. The Morgan fingerprint density at radius 1 is 1.50 bits per heavy atom. The molecule has 0 fully saturated rings. The van der Waals surface area contributed by atoms with Crippen molar-refractivity contribution in [2.45, 2.75) is 10.1 Å². The smallest absolute Gasteiger partial charge is 0.206 e. The number of ether oxygens (including phenoxy) is 1. The average Bonchev–Trinajstić information content (AvgIpc) is 2.91. The van der Waals surface area contributed by atoms with E-state index in [0.29, 0.717) is 11.6 Å². The van der Waals surface area contributed by atoms with Gasteiger partial charge in [0.1, 0.15) is 5.75 Å². The van der Waals surface area contributed by atoms with Gasteiger partial charge in [0.05, 0.1) is 7.11 Å². The van der Waals surface area contributed by atoms with Crippen LogP contribution in [0, 0.1) is 0 Å². The van der Waals surface area contributed by atoms with Crippen LogP contribution in [-0.2, 0) is 5.75 Å². The molecule has 1 N–H and O–H groups in total. The van der Waals surface area contributed by atoms with Crippen molar-refractivity contribution in [1.29, 1.82) is 0 Å². The van der Waals surface area contributed by atoms with Gasteiger partial charge in [-0.05, 0) is 18.2 Å². The number of methoxy groups -OCH3 is 1. The lowest BCUT2D eigenvalue weighted by Gasteiger charge is -2.07. The summed E-state index contributed by atoms with van der Waals surface area (Å²) in [5.74, 6) is 1.57. The summed E-state index contributed by atoms with van der Waals surface area (Å²) >= 11 is 9.13. The zero-order valence-corrected chi connectivity index (χ0v) is 13.3. The highest BCUT2D eigenvalue weighted by Gasteiger charge is 2.08. The highest BCUT2D eigenvalue weighted by atomic mass is 35.5. The minimum Gasteiger partial charge on any atom is -0.496 e. The van der Waals surface area contributed by atoms with Crippen molar-refractivity contribution in [3.8, 4) is 5.75 Å². The fourth-order valence-corrected chi connectivity index (χ4v) is 3.43. The first-order valence-corrected chi connectivity index (χ1v) is 8.04. The summed E-state index contributed by atoms with van der Waals surface area (Å²) < 4.78 is 6.22. The Morgan fingerprint density at radius 2 is 2.35 bits per heavy atom. The predicted molar refractivity (Wildman–Crippen MR) is 86.2 cm³/mol. The lowest BCUT2D eigenvalue weighted by molar-refractivity contribution is 0.411. The quantitative estimate of drug-likeness (QED) is 0.613.